The molecule has 0 radical (unpaired) electrons. The summed E-state index contributed by atoms with van der Waals surface area (Å²) >= 11 is 28.6. The minimum Gasteiger partial charge on any atom is -0.657 e. The molecule has 6 aromatic carbocycles. The van der Waals surface area contributed by atoms with Crippen molar-refractivity contribution in [2.45, 2.75) is 77.0 Å². The number of rotatable bonds is 2. The first-order valence-corrected chi connectivity index (χ1v) is 31.7. The summed E-state index contributed by atoms with van der Waals surface area (Å²) in [5, 5.41) is 1.82. The van der Waals surface area contributed by atoms with Crippen LogP contribution in [0.15, 0.2) is 146 Å². The van der Waals surface area contributed by atoms with Crippen LogP contribution < -0.4 is 28.9 Å². The van der Waals surface area contributed by atoms with E-state index in [9.17, 15) is 9.59 Å². The molecule has 89 heavy (non-hydrogen) atoms. The minimum atomic E-state index is -0.186. The van der Waals surface area contributed by atoms with Crippen LogP contribution in [0, 0.1) is 0 Å². The Morgan fingerprint density at radius 1 is 0.315 bits per heavy atom. The summed E-state index contributed by atoms with van der Waals surface area (Å²) in [5.74, 6) is 2.21. The number of ether oxygens (including phenoxy) is 4. The maximum atomic E-state index is 13.7. The fourth-order valence-corrected chi connectivity index (χ4v) is 13.2. The standard InChI is InChI=1S/C74H60Cl4N4O6.Zn/c75-55-21-15-22-56(76)69(55)71-63-33-29-59(79-63)67-45-17-13-19-47(41-45)85-37-9-5-1-3-7-11-39-87-49-25-27-51-53(43-49)73(83)52-28-26-50(44-54(52)74(51)84)88-40-12-8-4-2-6-10-38-86-48-20-14-18-46(42-48)68(61-31-35-65(71)81-61)62-32-36-66(82-62)72(64-34-30-60(67)80-64)70-57(77)23-16-24-58(70)78;/h13-36,41-44H,1-12,37-40H2;/q-2;+2. The van der Waals surface area contributed by atoms with E-state index in [-0.39, 0.29) is 31.0 Å². The van der Waals surface area contributed by atoms with Gasteiger partial charge in [-0.2, -0.15) is 0 Å². The topological polar surface area (TPSA) is 125 Å². The maximum absolute atomic E-state index is 13.7. The monoisotopic (exact) mass is 1300 g/mol. The summed E-state index contributed by atoms with van der Waals surface area (Å²) in [6, 6.07) is 45.4. The molecular weight excluding hydrogens is 1250 g/mol. The molecule has 9 heterocycles. The van der Waals surface area contributed by atoms with E-state index in [2.05, 4.69) is 0 Å². The average molecular weight is 1310 g/mol. The molecule has 0 atom stereocenters. The van der Waals surface area contributed by atoms with Gasteiger partial charge in [0.1, 0.15) is 23.0 Å². The number of carbonyl (C=O) groups is 2. The van der Waals surface area contributed by atoms with Gasteiger partial charge in [0.2, 0.25) is 0 Å². The van der Waals surface area contributed by atoms with E-state index in [0.29, 0.717) is 159 Å². The Balaban J connectivity index is 0.00000769. The molecular formula is C74H60Cl4N4O6Zn. The van der Waals surface area contributed by atoms with Gasteiger partial charge < -0.3 is 28.9 Å². The van der Waals surface area contributed by atoms with Gasteiger partial charge in [-0.3, -0.25) is 9.59 Å². The van der Waals surface area contributed by atoms with Crippen molar-refractivity contribution in [2.24, 2.45) is 0 Å². The van der Waals surface area contributed by atoms with Gasteiger partial charge in [0.15, 0.2) is 11.6 Å². The molecule has 0 fully saturated rings. The fourth-order valence-electron chi connectivity index (χ4n) is 12.0. The maximum Gasteiger partial charge on any atom is 2.00 e. The Morgan fingerprint density at radius 2 is 0.618 bits per heavy atom. The van der Waals surface area contributed by atoms with Crippen LogP contribution in [-0.2, 0) is 19.5 Å². The van der Waals surface area contributed by atoms with Crippen molar-refractivity contribution in [3.63, 3.8) is 0 Å². The van der Waals surface area contributed by atoms with Crippen LogP contribution in [0.4, 0.5) is 0 Å². The second-order valence-electron chi connectivity index (χ2n) is 22.3. The molecule has 0 amide bonds. The Bertz CT molecular complexity index is 4120. The number of aromatic nitrogens is 4. The van der Waals surface area contributed by atoms with Crippen molar-refractivity contribution < 1.29 is 48.0 Å². The molecule has 0 saturated carbocycles. The van der Waals surface area contributed by atoms with Gasteiger partial charge in [0, 0.05) is 53.5 Å². The van der Waals surface area contributed by atoms with Gasteiger partial charge in [-0.15, -0.1) is 22.1 Å². The van der Waals surface area contributed by atoms with Gasteiger partial charge in [0.05, 0.1) is 49.2 Å². The van der Waals surface area contributed by atoms with Crippen molar-refractivity contribution in [2.75, 3.05) is 26.4 Å². The summed E-state index contributed by atoms with van der Waals surface area (Å²) < 4.78 is 25.2. The van der Waals surface area contributed by atoms with E-state index < -0.39 is 0 Å². The number of ketones is 2. The van der Waals surface area contributed by atoms with Gasteiger partial charge in [-0.05, 0) is 168 Å². The van der Waals surface area contributed by atoms with Gasteiger partial charge in [0.25, 0.3) is 0 Å². The zero-order chi connectivity index (χ0) is 60.1. The third kappa shape index (κ3) is 13.3. The van der Waals surface area contributed by atoms with Crippen molar-refractivity contribution in [1.82, 2.24) is 19.9 Å². The molecule has 20 bridgehead atoms. The van der Waals surface area contributed by atoms with E-state index in [1.807, 2.05) is 133 Å². The first-order chi connectivity index (χ1) is 43.1. The van der Waals surface area contributed by atoms with Crippen LogP contribution in [0.5, 0.6) is 23.0 Å². The molecule has 442 valence electrons. The van der Waals surface area contributed by atoms with E-state index in [4.69, 9.17) is 85.3 Å². The van der Waals surface area contributed by atoms with Crippen molar-refractivity contribution in [3.05, 3.63) is 211 Å². The van der Waals surface area contributed by atoms with E-state index in [1.165, 1.54) is 0 Å². The quantitative estimate of drug-likeness (QED) is 0.155. The van der Waals surface area contributed by atoms with Crippen molar-refractivity contribution >= 4 is 104 Å². The number of hydrogen-bond acceptors (Lipinski definition) is 8. The third-order valence-corrected chi connectivity index (χ3v) is 17.7. The third-order valence-electron chi connectivity index (χ3n) is 16.4. The molecule has 10 nitrogen and oxygen atoms in total. The first-order valence-electron chi connectivity index (χ1n) is 30.2. The second kappa shape index (κ2) is 28.0. The Hall–Kier alpha value is -7.76. The summed E-state index contributed by atoms with van der Waals surface area (Å²) in [7, 11) is 0. The SMILES string of the molecule is O=C1c2ccc3cc2C(=O)c2ccc(cc21)OCCCCCCCCOc1cccc(c1)-c1c2nc(c(-c4c(Cl)cccc4Cl)c4ccc([n-]4)c(c4nc(c(-c5c(Cl)cccc5Cl)c5ccc1[n-]5)C=C4)-c1cccc(c1)OCCCCCCCCO3)C=C2.[Zn+2]. The molecule has 9 aromatic rings. The molecule has 0 spiro atoms. The fraction of sp³-hybridized carbons (Fsp3) is 0.216. The van der Waals surface area contributed by atoms with Crippen LogP contribution in [0.25, 0.3) is 90.9 Å². The summed E-state index contributed by atoms with van der Waals surface area (Å²) in [6.45, 7) is 2.08. The van der Waals surface area contributed by atoms with Crippen LogP contribution in [0.3, 0.4) is 0 Å². The van der Waals surface area contributed by atoms with Crippen molar-refractivity contribution in [1.29, 1.82) is 0 Å². The Morgan fingerprint density at radius 3 is 0.978 bits per heavy atom. The largest absolute Gasteiger partial charge is 2.00 e. The number of benzene rings is 6. The second-order valence-corrected chi connectivity index (χ2v) is 23.9. The number of halogens is 4. The molecule has 0 saturated heterocycles. The van der Waals surface area contributed by atoms with Gasteiger partial charge >= 0.3 is 19.5 Å². The van der Waals surface area contributed by atoms with Crippen LogP contribution in [0.1, 0.15) is 132 Å². The van der Waals surface area contributed by atoms with Crippen molar-refractivity contribution in [3.8, 4) is 67.5 Å². The minimum absolute atomic E-state index is 0. The summed E-state index contributed by atoms with van der Waals surface area (Å²) in [5.41, 5.74) is 12.4. The van der Waals surface area contributed by atoms with Crippen LogP contribution in [-0.4, -0.2) is 48.0 Å². The molecule has 3 aromatic heterocycles. The molecule has 16 rings (SSSR count). The van der Waals surface area contributed by atoms with E-state index >= 15 is 0 Å². The Labute approximate surface area is 550 Å². The average Bonchev–Trinajstić information content (AvgIpc) is 3.55. The number of hydrogen-bond donors (Lipinski definition) is 0. The molecule has 7 aliphatic rings. The zero-order valence-corrected chi connectivity index (χ0v) is 54.9. The predicted octanol–water partition coefficient (Wildman–Crippen LogP) is 19.9. The summed E-state index contributed by atoms with van der Waals surface area (Å²) in [4.78, 5) is 49.2. The molecule has 0 unspecified atom stereocenters. The number of carbonyl (C=O) groups excluding carboxylic acids is 2. The molecule has 15 heteroatoms. The molecule has 1 aliphatic carbocycles. The first kappa shape index (κ1) is 61.5. The predicted molar refractivity (Wildman–Crippen MR) is 356 cm³/mol. The normalized spacial score (nSPS) is 14.9. The molecule has 6 aliphatic heterocycles. The van der Waals surface area contributed by atoms with Crippen LogP contribution >= 0.6 is 46.4 Å². The molecule has 0 N–H and O–H groups in total. The number of nitrogens with zero attached hydrogens (tertiary/aromatic N) is 4. The van der Waals surface area contributed by atoms with E-state index in [1.54, 1.807) is 36.4 Å². The smallest absolute Gasteiger partial charge is 0.657 e. The summed E-state index contributed by atoms with van der Waals surface area (Å²) in [6.07, 6.45) is 19.6. The van der Waals surface area contributed by atoms with Gasteiger partial charge in [-0.25, -0.2) is 9.97 Å². The van der Waals surface area contributed by atoms with Gasteiger partial charge in [-0.1, -0.05) is 158 Å². The Kier molecular flexibility index (Phi) is 19.3. The zero-order valence-electron chi connectivity index (χ0n) is 48.9. The van der Waals surface area contributed by atoms with Crippen LogP contribution in [0.2, 0.25) is 20.1 Å². The van der Waals surface area contributed by atoms with E-state index in [0.717, 1.165) is 99.3 Å².